The average molecular weight is 251 g/mol. The Hall–Kier alpha value is -1.36. The van der Waals surface area contributed by atoms with Crippen molar-refractivity contribution in [1.29, 1.82) is 0 Å². The van der Waals surface area contributed by atoms with Crippen LogP contribution in [0.3, 0.4) is 0 Å². The first-order valence-corrected chi connectivity index (χ1v) is 6.63. The number of aromatic nitrogens is 2. The molecule has 1 aliphatic rings. The number of nitrogens with zero attached hydrogens (tertiary/aromatic N) is 3. The minimum Gasteiger partial charge on any atom is -0.391 e. The van der Waals surface area contributed by atoms with E-state index in [-0.39, 0.29) is 12.0 Å². The van der Waals surface area contributed by atoms with Gasteiger partial charge in [-0.15, -0.1) is 0 Å². The molecule has 100 valence electrons. The molecule has 0 aromatic carbocycles. The number of β-amino-alcohol motifs (C(OH)–C–C–N with tert-alkyl or cyclic N) is 1. The van der Waals surface area contributed by atoms with Crippen LogP contribution in [0.2, 0.25) is 0 Å². The molecular weight excluding hydrogens is 230 g/mol. The molecular formula is C13H21N3O2. The number of hydrogen-bond acceptors (Lipinski definition) is 3. The zero-order valence-corrected chi connectivity index (χ0v) is 11.1. The number of rotatable bonds is 4. The van der Waals surface area contributed by atoms with E-state index in [0.29, 0.717) is 25.1 Å². The number of aliphatic hydroxyl groups excluding tert-OH is 1. The fourth-order valence-electron chi connectivity index (χ4n) is 2.29. The Balaban J connectivity index is 2.08. The molecule has 0 aliphatic carbocycles. The first-order valence-electron chi connectivity index (χ1n) is 6.63. The standard InChI is InChI=1S/C13H21N3O2/c1-3-4-6-16-10(2)12(8-14-16)13(18)15-7-5-11(17)9-15/h8,11,17H,3-7,9H2,1-2H3/t11-/m1/s1. The predicted octanol–water partition coefficient (Wildman–Crippen LogP) is 1.20. The van der Waals surface area contributed by atoms with Gasteiger partial charge in [0.15, 0.2) is 0 Å². The Kier molecular flexibility index (Phi) is 4.01. The summed E-state index contributed by atoms with van der Waals surface area (Å²) in [6.45, 7) is 6.01. The molecule has 2 heterocycles. The topological polar surface area (TPSA) is 58.4 Å². The molecule has 5 nitrogen and oxygen atoms in total. The van der Waals surface area contributed by atoms with E-state index in [1.165, 1.54) is 0 Å². The summed E-state index contributed by atoms with van der Waals surface area (Å²) in [6, 6.07) is 0. The van der Waals surface area contributed by atoms with Crippen LogP contribution in [-0.4, -0.2) is 44.9 Å². The van der Waals surface area contributed by atoms with Crippen LogP contribution in [-0.2, 0) is 6.54 Å². The van der Waals surface area contributed by atoms with Crippen LogP contribution >= 0.6 is 0 Å². The van der Waals surface area contributed by atoms with Crippen molar-refractivity contribution in [3.63, 3.8) is 0 Å². The third-order valence-corrected chi connectivity index (χ3v) is 3.51. The van der Waals surface area contributed by atoms with Gasteiger partial charge in [0.1, 0.15) is 0 Å². The average Bonchev–Trinajstić information content (AvgIpc) is 2.93. The fourth-order valence-corrected chi connectivity index (χ4v) is 2.29. The summed E-state index contributed by atoms with van der Waals surface area (Å²) in [4.78, 5) is 14.0. The van der Waals surface area contributed by atoms with Gasteiger partial charge in [0.2, 0.25) is 0 Å². The van der Waals surface area contributed by atoms with Crippen LogP contribution in [0.25, 0.3) is 0 Å². The molecule has 1 aromatic heterocycles. The number of likely N-dealkylation sites (tertiary alicyclic amines) is 1. The Labute approximate surface area is 107 Å². The number of aryl methyl sites for hydroxylation is 1. The number of amides is 1. The first kappa shape index (κ1) is 13.1. The molecule has 1 N–H and O–H groups in total. The monoisotopic (exact) mass is 251 g/mol. The van der Waals surface area contributed by atoms with Crippen molar-refractivity contribution in [1.82, 2.24) is 14.7 Å². The van der Waals surface area contributed by atoms with E-state index >= 15 is 0 Å². The van der Waals surface area contributed by atoms with Gasteiger partial charge in [0.05, 0.1) is 17.9 Å². The zero-order valence-electron chi connectivity index (χ0n) is 11.1. The van der Waals surface area contributed by atoms with Gasteiger partial charge in [0, 0.05) is 25.3 Å². The second-order valence-corrected chi connectivity index (χ2v) is 4.91. The van der Waals surface area contributed by atoms with Gasteiger partial charge in [-0.3, -0.25) is 9.48 Å². The number of hydrogen-bond donors (Lipinski definition) is 1. The van der Waals surface area contributed by atoms with Crippen molar-refractivity contribution in [2.24, 2.45) is 0 Å². The second-order valence-electron chi connectivity index (χ2n) is 4.91. The maximum atomic E-state index is 12.3. The summed E-state index contributed by atoms with van der Waals surface area (Å²) in [7, 11) is 0. The van der Waals surface area contributed by atoms with Gasteiger partial charge in [0.25, 0.3) is 5.91 Å². The summed E-state index contributed by atoms with van der Waals surface area (Å²) in [6.07, 6.45) is 4.14. The highest BCUT2D eigenvalue weighted by molar-refractivity contribution is 5.95. The lowest BCUT2D eigenvalue weighted by atomic mass is 10.2. The molecule has 1 aromatic rings. The fraction of sp³-hybridized carbons (Fsp3) is 0.692. The summed E-state index contributed by atoms with van der Waals surface area (Å²) in [5, 5.41) is 13.7. The van der Waals surface area contributed by atoms with Gasteiger partial charge in [-0.25, -0.2) is 0 Å². The normalized spacial score (nSPS) is 19.5. The molecule has 1 amide bonds. The highest BCUT2D eigenvalue weighted by atomic mass is 16.3. The number of carbonyl (C=O) groups is 1. The van der Waals surface area contributed by atoms with E-state index in [1.807, 2.05) is 11.6 Å². The van der Waals surface area contributed by atoms with E-state index < -0.39 is 0 Å². The summed E-state index contributed by atoms with van der Waals surface area (Å²) in [5.74, 6) is -0.00759. The lowest BCUT2D eigenvalue weighted by Crippen LogP contribution is -2.29. The maximum absolute atomic E-state index is 12.3. The molecule has 0 saturated carbocycles. The van der Waals surface area contributed by atoms with E-state index in [1.54, 1.807) is 11.1 Å². The van der Waals surface area contributed by atoms with Crippen molar-refractivity contribution in [2.45, 2.75) is 45.8 Å². The largest absolute Gasteiger partial charge is 0.391 e. The van der Waals surface area contributed by atoms with Crippen molar-refractivity contribution < 1.29 is 9.90 Å². The highest BCUT2D eigenvalue weighted by Crippen LogP contribution is 2.16. The minimum atomic E-state index is -0.371. The zero-order chi connectivity index (χ0) is 13.1. The SMILES string of the molecule is CCCCn1ncc(C(=O)N2CC[C@@H](O)C2)c1C. The van der Waals surface area contributed by atoms with Gasteiger partial charge in [-0.2, -0.15) is 5.10 Å². The predicted molar refractivity (Wildman–Crippen MR) is 68.4 cm³/mol. The van der Waals surface area contributed by atoms with Crippen LogP contribution in [0.4, 0.5) is 0 Å². The molecule has 5 heteroatoms. The summed E-state index contributed by atoms with van der Waals surface area (Å²) >= 11 is 0. The van der Waals surface area contributed by atoms with Crippen LogP contribution in [0.1, 0.15) is 42.2 Å². The number of aliphatic hydroxyl groups is 1. The van der Waals surface area contributed by atoms with Crippen LogP contribution < -0.4 is 0 Å². The molecule has 2 rings (SSSR count). The molecule has 1 atom stereocenters. The second kappa shape index (κ2) is 5.52. The maximum Gasteiger partial charge on any atom is 0.257 e. The summed E-state index contributed by atoms with van der Waals surface area (Å²) in [5.41, 5.74) is 1.59. The lowest BCUT2D eigenvalue weighted by molar-refractivity contribution is 0.0764. The third kappa shape index (κ3) is 2.56. The molecule has 1 aliphatic heterocycles. The van der Waals surface area contributed by atoms with Gasteiger partial charge in [-0.05, 0) is 19.8 Å². The smallest absolute Gasteiger partial charge is 0.257 e. The highest BCUT2D eigenvalue weighted by Gasteiger charge is 2.27. The third-order valence-electron chi connectivity index (χ3n) is 3.51. The van der Waals surface area contributed by atoms with Crippen LogP contribution in [0.15, 0.2) is 6.20 Å². The quantitative estimate of drug-likeness (QED) is 0.874. The van der Waals surface area contributed by atoms with Crippen molar-refractivity contribution >= 4 is 5.91 Å². The molecule has 0 radical (unpaired) electrons. The molecule has 0 unspecified atom stereocenters. The number of unbranched alkanes of at least 4 members (excludes halogenated alkanes) is 1. The van der Waals surface area contributed by atoms with E-state index in [2.05, 4.69) is 12.0 Å². The van der Waals surface area contributed by atoms with E-state index in [4.69, 9.17) is 0 Å². The Morgan fingerprint density at radius 1 is 1.61 bits per heavy atom. The Bertz CT molecular complexity index is 428. The van der Waals surface area contributed by atoms with Crippen molar-refractivity contribution in [2.75, 3.05) is 13.1 Å². The van der Waals surface area contributed by atoms with E-state index in [9.17, 15) is 9.90 Å². The van der Waals surface area contributed by atoms with E-state index in [0.717, 1.165) is 25.1 Å². The van der Waals surface area contributed by atoms with Crippen LogP contribution in [0.5, 0.6) is 0 Å². The van der Waals surface area contributed by atoms with Gasteiger partial charge < -0.3 is 10.0 Å². The molecule has 1 saturated heterocycles. The van der Waals surface area contributed by atoms with Crippen molar-refractivity contribution in [3.8, 4) is 0 Å². The number of carbonyl (C=O) groups excluding carboxylic acids is 1. The Morgan fingerprint density at radius 2 is 2.39 bits per heavy atom. The molecule has 0 bridgehead atoms. The lowest BCUT2D eigenvalue weighted by Gasteiger charge is -2.15. The van der Waals surface area contributed by atoms with Gasteiger partial charge in [-0.1, -0.05) is 13.3 Å². The molecule has 18 heavy (non-hydrogen) atoms. The van der Waals surface area contributed by atoms with Crippen molar-refractivity contribution in [3.05, 3.63) is 17.5 Å². The van der Waals surface area contributed by atoms with Crippen LogP contribution in [0, 0.1) is 6.92 Å². The molecule has 0 spiro atoms. The summed E-state index contributed by atoms with van der Waals surface area (Å²) < 4.78 is 1.89. The Morgan fingerprint density at radius 3 is 3.00 bits per heavy atom. The first-order chi connectivity index (χ1) is 8.63. The minimum absolute atomic E-state index is 0.00759. The van der Waals surface area contributed by atoms with Gasteiger partial charge >= 0.3 is 0 Å². The molecule has 1 fully saturated rings.